The highest BCUT2D eigenvalue weighted by atomic mass is 16.4. The molecule has 1 fully saturated rings. The van der Waals surface area contributed by atoms with Crippen molar-refractivity contribution in [3.8, 4) is 0 Å². The summed E-state index contributed by atoms with van der Waals surface area (Å²) in [5.41, 5.74) is 5.60. The molecule has 1 rings (SSSR count). The third-order valence-corrected chi connectivity index (χ3v) is 3.63. The van der Waals surface area contributed by atoms with Gasteiger partial charge in [0, 0.05) is 13.1 Å². The molecule has 0 aromatic carbocycles. The fourth-order valence-electron chi connectivity index (χ4n) is 2.13. The van der Waals surface area contributed by atoms with Crippen LogP contribution in [0.3, 0.4) is 0 Å². The summed E-state index contributed by atoms with van der Waals surface area (Å²) in [6, 6.07) is 0.232. The van der Waals surface area contributed by atoms with Crippen LogP contribution in [0.5, 0.6) is 0 Å². The van der Waals surface area contributed by atoms with E-state index in [-0.39, 0.29) is 23.7 Å². The SMILES string of the molecule is CC(C)C(C(=O)N(C)C(C)C1CC1)/C(N)=N/O. The van der Waals surface area contributed by atoms with Crippen molar-refractivity contribution in [1.82, 2.24) is 4.90 Å². The Morgan fingerprint density at radius 1 is 1.41 bits per heavy atom. The van der Waals surface area contributed by atoms with Crippen LogP contribution in [-0.2, 0) is 4.79 Å². The quantitative estimate of drug-likeness (QED) is 0.329. The molecule has 2 unspecified atom stereocenters. The van der Waals surface area contributed by atoms with Gasteiger partial charge in [-0.25, -0.2) is 0 Å². The molecule has 3 N–H and O–H groups in total. The van der Waals surface area contributed by atoms with Gasteiger partial charge in [-0.3, -0.25) is 4.79 Å². The predicted octanol–water partition coefficient (Wildman–Crippen LogP) is 1.26. The molecular weight excluding hydrogens is 218 g/mol. The molecule has 0 heterocycles. The van der Waals surface area contributed by atoms with Crippen molar-refractivity contribution in [2.75, 3.05) is 7.05 Å². The lowest BCUT2D eigenvalue weighted by Gasteiger charge is -2.30. The van der Waals surface area contributed by atoms with E-state index in [2.05, 4.69) is 12.1 Å². The largest absolute Gasteiger partial charge is 0.409 e. The van der Waals surface area contributed by atoms with Crippen LogP contribution in [0.15, 0.2) is 5.16 Å². The molecule has 1 aliphatic rings. The number of hydrogen-bond donors (Lipinski definition) is 2. The highest BCUT2D eigenvalue weighted by Crippen LogP contribution is 2.35. The van der Waals surface area contributed by atoms with Crippen LogP contribution in [0, 0.1) is 17.8 Å². The van der Waals surface area contributed by atoms with E-state index in [0.29, 0.717) is 5.92 Å². The molecule has 1 aliphatic carbocycles. The maximum Gasteiger partial charge on any atom is 0.233 e. The molecule has 0 saturated heterocycles. The second-order valence-corrected chi connectivity index (χ2v) is 5.27. The van der Waals surface area contributed by atoms with Crippen molar-refractivity contribution < 1.29 is 10.0 Å². The maximum atomic E-state index is 12.3. The molecular formula is C12H23N3O2. The lowest BCUT2D eigenvalue weighted by atomic mass is 9.92. The Hall–Kier alpha value is -1.26. The zero-order valence-electron chi connectivity index (χ0n) is 11.1. The molecule has 2 atom stereocenters. The lowest BCUT2D eigenvalue weighted by molar-refractivity contribution is -0.135. The summed E-state index contributed by atoms with van der Waals surface area (Å²) in [7, 11) is 1.80. The van der Waals surface area contributed by atoms with Gasteiger partial charge in [0.25, 0.3) is 0 Å². The number of carbonyl (C=O) groups excluding carboxylic acids is 1. The molecule has 0 bridgehead atoms. The van der Waals surface area contributed by atoms with E-state index < -0.39 is 5.92 Å². The second kappa shape index (κ2) is 5.38. The van der Waals surface area contributed by atoms with E-state index in [1.54, 1.807) is 11.9 Å². The van der Waals surface area contributed by atoms with Crippen molar-refractivity contribution in [2.24, 2.45) is 28.6 Å². The van der Waals surface area contributed by atoms with E-state index >= 15 is 0 Å². The number of rotatable bonds is 5. The van der Waals surface area contributed by atoms with Crippen molar-refractivity contribution >= 4 is 11.7 Å². The number of oxime groups is 1. The molecule has 0 aromatic heterocycles. The normalized spacial score (nSPS) is 20.2. The van der Waals surface area contributed by atoms with Crippen molar-refractivity contribution in [2.45, 2.75) is 39.7 Å². The van der Waals surface area contributed by atoms with Crippen molar-refractivity contribution in [3.05, 3.63) is 0 Å². The highest BCUT2D eigenvalue weighted by Gasteiger charge is 2.36. The summed E-state index contributed by atoms with van der Waals surface area (Å²) < 4.78 is 0. The lowest BCUT2D eigenvalue weighted by Crippen LogP contribution is -2.46. The fourth-order valence-corrected chi connectivity index (χ4v) is 2.13. The smallest absolute Gasteiger partial charge is 0.233 e. The van der Waals surface area contributed by atoms with Crippen LogP contribution in [0.4, 0.5) is 0 Å². The predicted molar refractivity (Wildman–Crippen MR) is 66.7 cm³/mol. The minimum absolute atomic E-state index is 0.000142. The van der Waals surface area contributed by atoms with Gasteiger partial charge in [-0.1, -0.05) is 19.0 Å². The Balaban J connectivity index is 2.76. The number of nitrogens with zero attached hydrogens (tertiary/aromatic N) is 2. The Labute approximate surface area is 103 Å². The van der Waals surface area contributed by atoms with Gasteiger partial charge in [-0.15, -0.1) is 0 Å². The van der Waals surface area contributed by atoms with Gasteiger partial charge < -0.3 is 15.8 Å². The summed E-state index contributed by atoms with van der Waals surface area (Å²) >= 11 is 0. The number of hydrogen-bond acceptors (Lipinski definition) is 3. The Kier molecular flexibility index (Phi) is 4.37. The molecule has 0 aliphatic heterocycles. The monoisotopic (exact) mass is 241 g/mol. The molecule has 5 nitrogen and oxygen atoms in total. The second-order valence-electron chi connectivity index (χ2n) is 5.27. The fraction of sp³-hybridized carbons (Fsp3) is 0.833. The van der Waals surface area contributed by atoms with Crippen molar-refractivity contribution in [3.63, 3.8) is 0 Å². The standard InChI is InChI=1S/C12H23N3O2/c1-7(2)10(11(13)14-17)12(16)15(4)8(3)9-5-6-9/h7-10,17H,5-6H2,1-4H3,(H2,13,14). The first kappa shape index (κ1) is 13.8. The highest BCUT2D eigenvalue weighted by molar-refractivity contribution is 6.02. The molecule has 17 heavy (non-hydrogen) atoms. The van der Waals surface area contributed by atoms with Gasteiger partial charge in [-0.2, -0.15) is 0 Å². The Morgan fingerprint density at radius 3 is 2.29 bits per heavy atom. The van der Waals surface area contributed by atoms with Gasteiger partial charge in [0.15, 0.2) is 5.84 Å². The topological polar surface area (TPSA) is 78.9 Å². The minimum Gasteiger partial charge on any atom is -0.409 e. The first-order chi connectivity index (χ1) is 7.90. The van der Waals surface area contributed by atoms with Crippen LogP contribution < -0.4 is 5.73 Å². The third kappa shape index (κ3) is 3.11. The van der Waals surface area contributed by atoms with Gasteiger partial charge >= 0.3 is 0 Å². The summed E-state index contributed by atoms with van der Waals surface area (Å²) in [6.45, 7) is 5.85. The first-order valence-corrected chi connectivity index (χ1v) is 6.14. The van der Waals surface area contributed by atoms with Crippen molar-refractivity contribution in [1.29, 1.82) is 0 Å². The van der Waals surface area contributed by atoms with Gasteiger partial charge in [0.1, 0.15) is 5.92 Å². The number of nitrogens with two attached hydrogens (primary N) is 1. The molecule has 1 saturated carbocycles. The van der Waals surface area contributed by atoms with Crippen LogP contribution in [-0.4, -0.2) is 34.9 Å². The third-order valence-electron chi connectivity index (χ3n) is 3.63. The van der Waals surface area contributed by atoms with E-state index in [1.165, 1.54) is 12.8 Å². The molecule has 5 heteroatoms. The molecule has 98 valence electrons. The Morgan fingerprint density at radius 2 is 1.94 bits per heavy atom. The summed E-state index contributed by atoms with van der Waals surface area (Å²) in [5, 5.41) is 11.7. The van der Waals surface area contributed by atoms with Crippen LogP contribution >= 0.6 is 0 Å². The van der Waals surface area contributed by atoms with Gasteiger partial charge in [-0.05, 0) is 31.6 Å². The summed E-state index contributed by atoms with van der Waals surface area (Å²) in [4.78, 5) is 14.0. The van der Waals surface area contributed by atoms with E-state index in [4.69, 9.17) is 10.9 Å². The maximum absolute atomic E-state index is 12.3. The molecule has 0 spiro atoms. The minimum atomic E-state index is -0.536. The first-order valence-electron chi connectivity index (χ1n) is 6.14. The van der Waals surface area contributed by atoms with Crippen LogP contribution in [0.2, 0.25) is 0 Å². The molecule has 0 aromatic rings. The van der Waals surface area contributed by atoms with E-state index in [1.807, 2.05) is 13.8 Å². The molecule has 1 amide bonds. The van der Waals surface area contributed by atoms with Gasteiger partial charge in [0.05, 0.1) is 0 Å². The number of amides is 1. The zero-order valence-corrected chi connectivity index (χ0v) is 11.1. The zero-order chi connectivity index (χ0) is 13.2. The van der Waals surface area contributed by atoms with Crippen LogP contribution in [0.25, 0.3) is 0 Å². The van der Waals surface area contributed by atoms with Crippen LogP contribution in [0.1, 0.15) is 33.6 Å². The Bertz CT molecular complexity index is 311. The van der Waals surface area contributed by atoms with E-state index in [0.717, 1.165) is 0 Å². The average molecular weight is 241 g/mol. The van der Waals surface area contributed by atoms with E-state index in [9.17, 15) is 4.79 Å². The van der Waals surface area contributed by atoms with Gasteiger partial charge in [0.2, 0.25) is 5.91 Å². The number of amidine groups is 1. The summed E-state index contributed by atoms with van der Waals surface area (Å²) in [6.07, 6.45) is 2.38. The number of carbonyl (C=O) groups is 1. The average Bonchev–Trinajstić information content (AvgIpc) is 3.10. The summed E-state index contributed by atoms with van der Waals surface area (Å²) in [5.74, 6) is 0.0389. The molecule has 0 radical (unpaired) electrons.